The second kappa shape index (κ2) is 5.57. The Bertz CT molecular complexity index is 672. The molecule has 0 aliphatic carbocycles. The van der Waals surface area contributed by atoms with E-state index in [0.717, 1.165) is 18.5 Å². The van der Waals surface area contributed by atoms with E-state index in [9.17, 15) is 22.0 Å². The zero-order chi connectivity index (χ0) is 15.8. The van der Waals surface area contributed by atoms with Gasteiger partial charge in [0, 0.05) is 23.5 Å². The minimum Gasteiger partial charge on any atom is -0.320 e. The van der Waals surface area contributed by atoms with Gasteiger partial charge < -0.3 is 5.73 Å². The predicted molar refractivity (Wildman–Crippen MR) is 66.6 cm³/mol. The molecule has 0 saturated carbocycles. The fourth-order valence-corrected chi connectivity index (χ4v) is 2.01. The van der Waals surface area contributed by atoms with Gasteiger partial charge in [0.1, 0.15) is 11.6 Å². The van der Waals surface area contributed by atoms with Crippen molar-refractivity contribution in [1.29, 1.82) is 0 Å². The van der Waals surface area contributed by atoms with Gasteiger partial charge in [0.05, 0.1) is 16.6 Å². The third kappa shape index (κ3) is 3.14. The number of alkyl halides is 3. The molecule has 8 heteroatoms. The number of hydrogen-bond acceptors (Lipinski definition) is 2. The third-order valence-corrected chi connectivity index (χ3v) is 3.16. The number of pyridine rings is 1. The van der Waals surface area contributed by atoms with Crippen LogP contribution in [0.1, 0.15) is 22.7 Å². The van der Waals surface area contributed by atoms with Crippen molar-refractivity contribution in [2.75, 3.05) is 0 Å². The number of aromatic nitrogens is 1. The molecule has 0 radical (unpaired) electrons. The van der Waals surface area contributed by atoms with Gasteiger partial charge in [-0.2, -0.15) is 13.2 Å². The lowest BCUT2D eigenvalue weighted by atomic mass is 9.96. The van der Waals surface area contributed by atoms with E-state index < -0.39 is 45.6 Å². The molecule has 2 rings (SSSR count). The number of nitrogens with two attached hydrogens (primary N) is 1. The number of nitrogens with zero attached hydrogens (tertiary/aromatic N) is 1. The summed E-state index contributed by atoms with van der Waals surface area (Å²) < 4.78 is 65.8. The van der Waals surface area contributed by atoms with Crippen LogP contribution in [0.3, 0.4) is 0 Å². The summed E-state index contributed by atoms with van der Waals surface area (Å²) in [6.07, 6.45) is -2.87. The Hall–Kier alpha value is -1.73. The van der Waals surface area contributed by atoms with Crippen molar-refractivity contribution < 1.29 is 22.0 Å². The summed E-state index contributed by atoms with van der Waals surface area (Å²) in [5, 5.41) is -0.481. The highest BCUT2D eigenvalue weighted by Crippen LogP contribution is 2.36. The van der Waals surface area contributed by atoms with Crippen LogP contribution >= 0.6 is 11.6 Å². The first-order valence-electron chi connectivity index (χ1n) is 5.63. The first kappa shape index (κ1) is 15.7. The molecule has 0 bridgehead atoms. The SMILES string of the molecule is NC(c1cc(F)c(Cl)cc1F)c1cnccc1C(F)(F)F. The zero-order valence-electron chi connectivity index (χ0n) is 10.3. The minimum atomic E-state index is -4.68. The molecular formula is C13H8ClF5N2. The maximum atomic E-state index is 13.8. The smallest absolute Gasteiger partial charge is 0.320 e. The van der Waals surface area contributed by atoms with Crippen LogP contribution in [0, 0.1) is 11.6 Å². The molecular weight excluding hydrogens is 315 g/mol. The van der Waals surface area contributed by atoms with Gasteiger partial charge in [0.15, 0.2) is 0 Å². The van der Waals surface area contributed by atoms with Crippen LogP contribution < -0.4 is 5.73 Å². The normalized spacial score (nSPS) is 13.3. The lowest BCUT2D eigenvalue weighted by molar-refractivity contribution is -0.138. The molecule has 2 nitrogen and oxygen atoms in total. The largest absolute Gasteiger partial charge is 0.416 e. The summed E-state index contributed by atoms with van der Waals surface area (Å²) in [7, 11) is 0. The third-order valence-electron chi connectivity index (χ3n) is 2.87. The van der Waals surface area contributed by atoms with Gasteiger partial charge in [-0.25, -0.2) is 8.78 Å². The van der Waals surface area contributed by atoms with Gasteiger partial charge in [0.25, 0.3) is 0 Å². The molecule has 2 N–H and O–H groups in total. The molecule has 0 aliphatic heterocycles. The summed E-state index contributed by atoms with van der Waals surface area (Å²) >= 11 is 5.39. The molecule has 112 valence electrons. The van der Waals surface area contributed by atoms with Crippen LogP contribution in [0.4, 0.5) is 22.0 Å². The van der Waals surface area contributed by atoms with Gasteiger partial charge in [0.2, 0.25) is 0 Å². The maximum absolute atomic E-state index is 13.8. The summed E-state index contributed by atoms with van der Waals surface area (Å²) in [6.45, 7) is 0. The van der Waals surface area contributed by atoms with Gasteiger partial charge in [-0.05, 0) is 18.2 Å². The van der Waals surface area contributed by atoms with Crippen LogP contribution in [0.2, 0.25) is 5.02 Å². The quantitative estimate of drug-likeness (QED) is 0.668. The number of benzene rings is 1. The van der Waals surface area contributed by atoms with E-state index >= 15 is 0 Å². The van der Waals surface area contributed by atoms with Crippen molar-refractivity contribution in [1.82, 2.24) is 4.98 Å². The highest BCUT2D eigenvalue weighted by Gasteiger charge is 2.35. The Morgan fingerprint density at radius 3 is 2.38 bits per heavy atom. The standard InChI is InChI=1S/C13H8ClF5N2/c14-9-4-10(15)6(3-11(9)16)12(20)7-5-21-2-1-8(7)13(17,18)19/h1-5,12H,20H2. The summed E-state index contributed by atoms with van der Waals surface area (Å²) in [5.74, 6) is -1.97. The maximum Gasteiger partial charge on any atom is 0.416 e. The van der Waals surface area contributed by atoms with Crippen molar-refractivity contribution in [3.05, 3.63) is 63.9 Å². The van der Waals surface area contributed by atoms with Crippen molar-refractivity contribution >= 4 is 11.6 Å². The van der Waals surface area contributed by atoms with Crippen molar-refractivity contribution in [3.63, 3.8) is 0 Å². The first-order valence-corrected chi connectivity index (χ1v) is 6.00. The molecule has 0 aliphatic rings. The van der Waals surface area contributed by atoms with E-state index in [2.05, 4.69) is 4.98 Å². The van der Waals surface area contributed by atoms with Crippen molar-refractivity contribution in [2.24, 2.45) is 5.73 Å². The molecule has 0 spiro atoms. The van der Waals surface area contributed by atoms with Gasteiger partial charge in [-0.1, -0.05) is 11.6 Å². The summed E-state index contributed by atoms with van der Waals surface area (Å²) in [5.41, 5.74) is 3.70. The van der Waals surface area contributed by atoms with E-state index in [-0.39, 0.29) is 0 Å². The van der Waals surface area contributed by atoms with E-state index in [0.29, 0.717) is 12.1 Å². The Balaban J connectivity index is 2.56. The minimum absolute atomic E-state index is 0.435. The molecule has 0 amide bonds. The Morgan fingerprint density at radius 1 is 1.10 bits per heavy atom. The van der Waals surface area contributed by atoms with E-state index in [1.807, 2.05) is 0 Å². The van der Waals surface area contributed by atoms with Gasteiger partial charge in [-0.15, -0.1) is 0 Å². The number of halogens is 6. The van der Waals surface area contributed by atoms with Crippen LogP contribution in [0.25, 0.3) is 0 Å². The highest BCUT2D eigenvalue weighted by atomic mass is 35.5. The Morgan fingerprint density at radius 2 is 1.76 bits per heavy atom. The molecule has 1 heterocycles. The summed E-state index contributed by atoms with van der Waals surface area (Å²) in [4.78, 5) is 3.55. The Labute approximate surface area is 121 Å². The van der Waals surface area contributed by atoms with Crippen molar-refractivity contribution in [2.45, 2.75) is 12.2 Å². The number of hydrogen-bond donors (Lipinski definition) is 1. The molecule has 21 heavy (non-hydrogen) atoms. The predicted octanol–water partition coefficient (Wildman–Crippen LogP) is 4.08. The molecule has 2 aromatic rings. The van der Waals surface area contributed by atoms with E-state index in [1.54, 1.807) is 0 Å². The molecule has 1 unspecified atom stereocenters. The molecule has 0 fully saturated rings. The average Bonchev–Trinajstić information content (AvgIpc) is 2.41. The fraction of sp³-hybridized carbons (Fsp3) is 0.154. The average molecular weight is 323 g/mol. The van der Waals surface area contributed by atoms with Gasteiger partial charge >= 0.3 is 6.18 Å². The molecule has 1 aromatic heterocycles. The lowest BCUT2D eigenvalue weighted by Gasteiger charge is -2.18. The fourth-order valence-electron chi connectivity index (χ4n) is 1.86. The monoisotopic (exact) mass is 322 g/mol. The zero-order valence-corrected chi connectivity index (χ0v) is 11.0. The second-order valence-electron chi connectivity index (χ2n) is 4.23. The van der Waals surface area contributed by atoms with E-state index in [4.69, 9.17) is 17.3 Å². The Kier molecular flexibility index (Phi) is 4.15. The first-order chi connectivity index (χ1) is 9.71. The van der Waals surface area contributed by atoms with Gasteiger partial charge in [-0.3, -0.25) is 4.98 Å². The van der Waals surface area contributed by atoms with Crippen LogP contribution in [-0.2, 0) is 6.18 Å². The van der Waals surface area contributed by atoms with Crippen LogP contribution in [0.15, 0.2) is 30.6 Å². The van der Waals surface area contributed by atoms with Crippen molar-refractivity contribution in [3.8, 4) is 0 Å². The lowest BCUT2D eigenvalue weighted by Crippen LogP contribution is -2.20. The van der Waals surface area contributed by atoms with Crippen LogP contribution in [-0.4, -0.2) is 4.98 Å². The number of rotatable bonds is 2. The summed E-state index contributed by atoms with van der Waals surface area (Å²) in [6, 6.07) is 0.534. The molecule has 1 atom stereocenters. The van der Waals surface area contributed by atoms with Crippen LogP contribution in [0.5, 0.6) is 0 Å². The molecule has 1 aromatic carbocycles. The van der Waals surface area contributed by atoms with E-state index in [1.165, 1.54) is 0 Å². The second-order valence-corrected chi connectivity index (χ2v) is 4.63. The highest BCUT2D eigenvalue weighted by molar-refractivity contribution is 6.30. The topological polar surface area (TPSA) is 38.9 Å². The molecule has 0 saturated heterocycles.